The summed E-state index contributed by atoms with van der Waals surface area (Å²) in [6.45, 7) is 4.17. The summed E-state index contributed by atoms with van der Waals surface area (Å²) in [4.78, 5) is 0. The van der Waals surface area contributed by atoms with Gasteiger partial charge in [0.05, 0.1) is 5.70 Å². The lowest BCUT2D eigenvalue weighted by Gasteiger charge is -2.06. The number of benzene rings is 1. The molecule has 0 fully saturated rings. The van der Waals surface area contributed by atoms with Crippen molar-refractivity contribution in [2.45, 2.75) is 13.8 Å². The van der Waals surface area contributed by atoms with Crippen LogP contribution in [0.25, 0.3) is 16.6 Å². The van der Waals surface area contributed by atoms with Gasteiger partial charge in [-0.3, -0.25) is 10.7 Å². The topological polar surface area (TPSA) is 37.2 Å². The number of allylic oxidation sites excluding steroid dienone is 1. The van der Waals surface area contributed by atoms with Gasteiger partial charge >= 0.3 is 0 Å². The minimum Gasteiger partial charge on any atom is -0.350 e. The molecule has 0 spiro atoms. The van der Waals surface area contributed by atoms with E-state index in [-0.39, 0.29) is 0 Å². The van der Waals surface area contributed by atoms with Crippen LogP contribution in [0.2, 0.25) is 0 Å². The zero-order valence-corrected chi connectivity index (χ0v) is 10.4. The molecule has 3 heteroatoms. The van der Waals surface area contributed by atoms with E-state index in [0.717, 1.165) is 22.2 Å². The van der Waals surface area contributed by atoms with Crippen molar-refractivity contribution in [1.29, 1.82) is 0 Å². The van der Waals surface area contributed by atoms with E-state index in [1.807, 2.05) is 31.5 Å². The molecule has 0 saturated carbocycles. The molecular formula is C14H18N2O. The number of hydrogen-bond acceptors (Lipinski definition) is 2. The largest absolute Gasteiger partial charge is 0.350 e. The highest BCUT2D eigenvalue weighted by Crippen LogP contribution is 2.25. The predicted molar refractivity (Wildman–Crippen MR) is 70.7 cm³/mol. The molecule has 0 aliphatic heterocycles. The van der Waals surface area contributed by atoms with Crippen molar-refractivity contribution in [3.8, 4) is 0 Å². The number of aromatic nitrogens is 1. The normalized spacial score (nSPS) is 12.4. The SMILES string of the molecule is CC(C)C=C(NO)c1cn(C)c2ccccc12. The van der Waals surface area contributed by atoms with Crippen LogP contribution in [-0.2, 0) is 7.05 Å². The fourth-order valence-corrected chi connectivity index (χ4v) is 2.08. The van der Waals surface area contributed by atoms with E-state index in [1.165, 1.54) is 0 Å². The van der Waals surface area contributed by atoms with Gasteiger partial charge in [0.25, 0.3) is 0 Å². The van der Waals surface area contributed by atoms with Crippen LogP contribution in [0.1, 0.15) is 19.4 Å². The predicted octanol–water partition coefficient (Wildman–Crippen LogP) is 3.15. The fraction of sp³-hybridized carbons (Fsp3) is 0.286. The lowest BCUT2D eigenvalue weighted by molar-refractivity contribution is 0.224. The maximum absolute atomic E-state index is 9.27. The zero-order valence-electron chi connectivity index (χ0n) is 10.4. The second-order valence-corrected chi connectivity index (χ2v) is 4.61. The Morgan fingerprint density at radius 3 is 2.71 bits per heavy atom. The Labute approximate surface area is 101 Å². The molecule has 0 bridgehead atoms. The van der Waals surface area contributed by atoms with E-state index in [1.54, 1.807) is 0 Å². The van der Waals surface area contributed by atoms with Crippen molar-refractivity contribution >= 4 is 16.6 Å². The van der Waals surface area contributed by atoms with Gasteiger partial charge in [0, 0.05) is 29.7 Å². The van der Waals surface area contributed by atoms with E-state index < -0.39 is 0 Å². The summed E-state index contributed by atoms with van der Waals surface area (Å²) < 4.78 is 2.07. The molecule has 1 aromatic carbocycles. The van der Waals surface area contributed by atoms with Crippen LogP contribution in [0.4, 0.5) is 0 Å². The van der Waals surface area contributed by atoms with Crippen molar-refractivity contribution in [1.82, 2.24) is 10.0 Å². The first-order chi connectivity index (χ1) is 8.13. The van der Waals surface area contributed by atoms with Gasteiger partial charge < -0.3 is 4.57 Å². The average Bonchev–Trinajstić information content (AvgIpc) is 2.64. The monoisotopic (exact) mass is 230 g/mol. The summed E-state index contributed by atoms with van der Waals surface area (Å²) in [6.07, 6.45) is 4.05. The number of fused-ring (bicyclic) bond motifs is 1. The molecule has 3 nitrogen and oxygen atoms in total. The minimum absolute atomic E-state index is 0.378. The number of hydrogen-bond donors (Lipinski definition) is 2. The van der Waals surface area contributed by atoms with Crippen molar-refractivity contribution in [2.75, 3.05) is 0 Å². The molecule has 2 N–H and O–H groups in total. The van der Waals surface area contributed by atoms with Gasteiger partial charge in [-0.15, -0.1) is 0 Å². The molecule has 0 aliphatic rings. The Morgan fingerprint density at radius 2 is 2.06 bits per heavy atom. The molecule has 1 aromatic heterocycles. The van der Waals surface area contributed by atoms with Crippen LogP contribution in [0.3, 0.4) is 0 Å². The molecule has 2 rings (SSSR count). The Hall–Kier alpha value is -1.74. The van der Waals surface area contributed by atoms with E-state index in [9.17, 15) is 5.21 Å². The highest BCUT2D eigenvalue weighted by molar-refractivity contribution is 5.92. The van der Waals surface area contributed by atoms with Gasteiger partial charge in [0.1, 0.15) is 0 Å². The average molecular weight is 230 g/mol. The molecule has 0 aliphatic carbocycles. The van der Waals surface area contributed by atoms with Crippen LogP contribution in [0.5, 0.6) is 0 Å². The highest BCUT2D eigenvalue weighted by atomic mass is 16.5. The summed E-state index contributed by atoms with van der Waals surface area (Å²) in [5.74, 6) is 0.378. The summed E-state index contributed by atoms with van der Waals surface area (Å²) in [5.41, 5.74) is 5.25. The van der Waals surface area contributed by atoms with Gasteiger partial charge in [-0.05, 0) is 12.0 Å². The van der Waals surface area contributed by atoms with Crippen LogP contribution in [0, 0.1) is 5.92 Å². The molecule has 1 heterocycles. The van der Waals surface area contributed by atoms with Gasteiger partial charge in [-0.25, -0.2) is 0 Å². The van der Waals surface area contributed by atoms with E-state index >= 15 is 0 Å². The van der Waals surface area contributed by atoms with Gasteiger partial charge in [0.15, 0.2) is 0 Å². The molecule has 90 valence electrons. The Morgan fingerprint density at radius 1 is 1.35 bits per heavy atom. The molecular weight excluding hydrogens is 212 g/mol. The van der Waals surface area contributed by atoms with Crippen molar-refractivity contribution in [2.24, 2.45) is 13.0 Å². The quantitative estimate of drug-likeness (QED) is 0.795. The number of hydroxylamine groups is 1. The molecule has 0 saturated heterocycles. The fourth-order valence-electron chi connectivity index (χ4n) is 2.08. The Balaban J connectivity index is 2.62. The third-order valence-corrected chi connectivity index (χ3v) is 2.81. The van der Waals surface area contributed by atoms with Crippen LogP contribution >= 0.6 is 0 Å². The van der Waals surface area contributed by atoms with Gasteiger partial charge in [-0.1, -0.05) is 38.1 Å². The molecule has 0 amide bonds. The first kappa shape index (κ1) is 11.7. The maximum Gasteiger partial charge on any atom is 0.0658 e. The highest BCUT2D eigenvalue weighted by Gasteiger charge is 2.10. The van der Waals surface area contributed by atoms with Crippen LogP contribution in [0.15, 0.2) is 36.5 Å². The molecule has 2 aromatic rings. The number of nitrogens with zero attached hydrogens (tertiary/aromatic N) is 1. The summed E-state index contributed by atoms with van der Waals surface area (Å²) >= 11 is 0. The van der Waals surface area contributed by atoms with Crippen LogP contribution in [-0.4, -0.2) is 9.77 Å². The summed E-state index contributed by atoms with van der Waals surface area (Å²) in [7, 11) is 2.01. The van der Waals surface area contributed by atoms with E-state index in [2.05, 4.69) is 36.0 Å². The van der Waals surface area contributed by atoms with Crippen molar-refractivity contribution in [3.63, 3.8) is 0 Å². The van der Waals surface area contributed by atoms with Gasteiger partial charge in [0.2, 0.25) is 0 Å². The molecule has 17 heavy (non-hydrogen) atoms. The van der Waals surface area contributed by atoms with Crippen molar-refractivity contribution in [3.05, 3.63) is 42.1 Å². The van der Waals surface area contributed by atoms with Crippen LogP contribution < -0.4 is 5.48 Å². The minimum atomic E-state index is 0.378. The number of rotatable bonds is 3. The second kappa shape index (κ2) is 4.63. The standard InChI is InChI=1S/C14H18N2O/c1-10(2)8-13(15-17)12-9-16(3)14-7-5-4-6-11(12)14/h4-10,15,17H,1-3H3. The third kappa shape index (κ3) is 2.19. The third-order valence-electron chi connectivity index (χ3n) is 2.81. The first-order valence-electron chi connectivity index (χ1n) is 5.80. The first-order valence-corrected chi connectivity index (χ1v) is 5.80. The number of para-hydroxylation sites is 1. The molecule has 0 unspecified atom stereocenters. The van der Waals surface area contributed by atoms with Crippen molar-refractivity contribution < 1.29 is 5.21 Å². The number of nitrogens with one attached hydrogen (secondary N) is 1. The van der Waals surface area contributed by atoms with E-state index in [4.69, 9.17) is 0 Å². The summed E-state index contributed by atoms with van der Waals surface area (Å²) in [5, 5.41) is 10.4. The smallest absolute Gasteiger partial charge is 0.0658 e. The van der Waals surface area contributed by atoms with Gasteiger partial charge in [-0.2, -0.15) is 0 Å². The maximum atomic E-state index is 9.27. The number of aryl methyl sites for hydroxylation is 1. The molecule has 0 radical (unpaired) electrons. The zero-order chi connectivity index (χ0) is 12.4. The van der Waals surface area contributed by atoms with E-state index in [0.29, 0.717) is 5.92 Å². The Bertz CT molecular complexity index is 552. The summed E-state index contributed by atoms with van der Waals surface area (Å²) in [6, 6.07) is 8.17. The lowest BCUT2D eigenvalue weighted by atomic mass is 10.1. The Kier molecular flexibility index (Phi) is 3.20. The second-order valence-electron chi connectivity index (χ2n) is 4.61. The lowest BCUT2D eigenvalue weighted by Crippen LogP contribution is -2.06. The molecule has 0 atom stereocenters.